The number of para-hydroxylation sites is 1. The van der Waals surface area contributed by atoms with E-state index >= 15 is 0 Å². The van der Waals surface area contributed by atoms with Crippen molar-refractivity contribution in [1.29, 1.82) is 0 Å². The summed E-state index contributed by atoms with van der Waals surface area (Å²) in [5.74, 6) is 0.204. The van der Waals surface area contributed by atoms with E-state index < -0.39 is 5.63 Å². The monoisotopic (exact) mass is 425 g/mol. The van der Waals surface area contributed by atoms with Crippen molar-refractivity contribution in [3.63, 3.8) is 0 Å². The van der Waals surface area contributed by atoms with Crippen LogP contribution in [-0.2, 0) is 17.6 Å². The van der Waals surface area contributed by atoms with Crippen molar-refractivity contribution in [2.45, 2.75) is 39.0 Å². The molecule has 0 radical (unpaired) electrons. The molecule has 1 aromatic heterocycles. The third-order valence-electron chi connectivity index (χ3n) is 5.44. The van der Waals surface area contributed by atoms with Crippen LogP contribution in [-0.4, -0.2) is 19.1 Å². The second-order valence-corrected chi connectivity index (χ2v) is 7.95. The van der Waals surface area contributed by atoms with Gasteiger partial charge in [0.25, 0.3) is 5.91 Å². The molecule has 1 aliphatic rings. The molecule has 0 spiro atoms. The number of halogens is 1. The Bertz CT molecular complexity index is 1140. The van der Waals surface area contributed by atoms with Crippen LogP contribution in [0.25, 0.3) is 11.0 Å². The lowest BCUT2D eigenvalue weighted by atomic mass is 10.0. The zero-order valence-corrected chi connectivity index (χ0v) is 17.7. The second kappa shape index (κ2) is 8.92. The van der Waals surface area contributed by atoms with Gasteiger partial charge >= 0.3 is 5.63 Å². The van der Waals surface area contributed by atoms with Crippen LogP contribution < -0.4 is 15.3 Å². The highest BCUT2D eigenvalue weighted by Crippen LogP contribution is 2.32. The number of fused-ring (bicyclic) bond motifs is 2. The van der Waals surface area contributed by atoms with Crippen molar-refractivity contribution in [2.75, 3.05) is 18.1 Å². The van der Waals surface area contributed by atoms with Crippen LogP contribution in [0.3, 0.4) is 0 Å². The van der Waals surface area contributed by atoms with Gasteiger partial charge < -0.3 is 14.1 Å². The van der Waals surface area contributed by atoms with Crippen LogP contribution in [0.15, 0.2) is 51.7 Å². The van der Waals surface area contributed by atoms with Crippen LogP contribution in [0, 0.1) is 0 Å². The number of ether oxygens (including phenoxy) is 1. The van der Waals surface area contributed by atoms with E-state index in [0.29, 0.717) is 22.9 Å². The molecule has 5 nitrogen and oxygen atoms in total. The molecule has 0 saturated heterocycles. The lowest BCUT2D eigenvalue weighted by molar-refractivity contribution is -0.120. The molecule has 1 amide bonds. The first kappa shape index (κ1) is 20.5. The highest BCUT2D eigenvalue weighted by molar-refractivity contribution is 6.32. The van der Waals surface area contributed by atoms with Crippen molar-refractivity contribution in [3.8, 4) is 5.75 Å². The van der Waals surface area contributed by atoms with Gasteiger partial charge in [-0.25, -0.2) is 4.79 Å². The zero-order valence-electron chi connectivity index (χ0n) is 16.9. The van der Waals surface area contributed by atoms with Crippen molar-refractivity contribution in [2.24, 2.45) is 0 Å². The number of rotatable bonds is 6. The average Bonchev–Trinajstić information content (AvgIpc) is 2.75. The number of nitrogens with zero attached hydrogens (tertiary/aromatic N) is 1. The van der Waals surface area contributed by atoms with E-state index in [0.717, 1.165) is 48.7 Å². The molecular formula is C24H24ClNO4. The van der Waals surface area contributed by atoms with Crippen LogP contribution in [0.2, 0.25) is 5.02 Å². The summed E-state index contributed by atoms with van der Waals surface area (Å²) in [7, 11) is 0. The van der Waals surface area contributed by atoms with E-state index in [4.69, 9.17) is 20.8 Å². The maximum absolute atomic E-state index is 12.8. The number of benzene rings is 2. The van der Waals surface area contributed by atoms with Gasteiger partial charge in [-0.05, 0) is 48.9 Å². The Morgan fingerprint density at radius 1 is 1.23 bits per heavy atom. The number of hydrogen-bond donors (Lipinski definition) is 0. The van der Waals surface area contributed by atoms with Crippen molar-refractivity contribution in [3.05, 3.63) is 69.0 Å². The van der Waals surface area contributed by atoms with Gasteiger partial charge in [0.2, 0.25) is 0 Å². The van der Waals surface area contributed by atoms with Crippen LogP contribution >= 0.6 is 11.6 Å². The lowest BCUT2D eigenvalue weighted by Gasteiger charge is -2.29. The summed E-state index contributed by atoms with van der Waals surface area (Å²) in [6.45, 7) is 2.63. The number of carbonyl (C=O) groups is 1. The minimum atomic E-state index is -0.400. The number of carbonyl (C=O) groups excluding carboxylic acids is 1. The number of aryl methyl sites for hydroxylation is 2. The van der Waals surface area contributed by atoms with E-state index in [-0.39, 0.29) is 12.5 Å². The van der Waals surface area contributed by atoms with E-state index in [9.17, 15) is 9.59 Å². The molecule has 0 fully saturated rings. The third-order valence-corrected chi connectivity index (χ3v) is 5.74. The third kappa shape index (κ3) is 4.21. The maximum Gasteiger partial charge on any atom is 0.336 e. The van der Waals surface area contributed by atoms with Gasteiger partial charge in [0.1, 0.15) is 11.3 Å². The molecule has 0 bridgehead atoms. The number of anilines is 1. The summed E-state index contributed by atoms with van der Waals surface area (Å²) in [6.07, 6.45) is 4.67. The first-order chi connectivity index (χ1) is 14.6. The predicted molar refractivity (Wildman–Crippen MR) is 119 cm³/mol. The molecule has 0 unspecified atom stereocenters. The molecule has 30 heavy (non-hydrogen) atoms. The normalized spacial score (nSPS) is 13.3. The Morgan fingerprint density at radius 2 is 2.07 bits per heavy atom. The smallest absolute Gasteiger partial charge is 0.336 e. The average molecular weight is 426 g/mol. The summed E-state index contributed by atoms with van der Waals surface area (Å²) in [6, 6.07) is 12.8. The van der Waals surface area contributed by atoms with Gasteiger partial charge in [-0.3, -0.25) is 4.79 Å². The lowest BCUT2D eigenvalue weighted by Crippen LogP contribution is -2.38. The molecule has 0 atom stereocenters. The minimum absolute atomic E-state index is 0.128. The van der Waals surface area contributed by atoms with E-state index in [1.165, 1.54) is 11.6 Å². The molecule has 6 heteroatoms. The zero-order chi connectivity index (χ0) is 21.1. The number of hydrogen-bond acceptors (Lipinski definition) is 4. The van der Waals surface area contributed by atoms with Gasteiger partial charge in [0.15, 0.2) is 6.61 Å². The van der Waals surface area contributed by atoms with Crippen molar-refractivity contribution < 1.29 is 13.9 Å². The van der Waals surface area contributed by atoms with Crippen LogP contribution in [0.5, 0.6) is 5.75 Å². The van der Waals surface area contributed by atoms with E-state index in [1.54, 1.807) is 17.0 Å². The molecule has 0 saturated carbocycles. The molecule has 2 aromatic carbocycles. The largest absolute Gasteiger partial charge is 0.482 e. The Hall–Kier alpha value is -2.79. The molecule has 2 heterocycles. The number of amides is 1. The fourth-order valence-electron chi connectivity index (χ4n) is 3.92. The fourth-order valence-corrected chi connectivity index (χ4v) is 4.14. The summed E-state index contributed by atoms with van der Waals surface area (Å²) in [4.78, 5) is 26.5. The molecule has 1 aliphatic heterocycles. The number of unbranched alkanes of at least 4 members (excludes halogenated alkanes) is 1. The first-order valence-electron chi connectivity index (χ1n) is 10.3. The molecular weight excluding hydrogens is 402 g/mol. The molecule has 4 rings (SSSR count). The Labute approximate surface area is 180 Å². The quantitative estimate of drug-likeness (QED) is 0.512. The van der Waals surface area contributed by atoms with Gasteiger partial charge in [-0.2, -0.15) is 0 Å². The maximum atomic E-state index is 12.8. The molecule has 0 aliphatic carbocycles. The van der Waals surface area contributed by atoms with Crippen LogP contribution in [0.1, 0.15) is 37.3 Å². The highest BCUT2D eigenvalue weighted by atomic mass is 35.5. The second-order valence-electron chi connectivity index (χ2n) is 7.54. The van der Waals surface area contributed by atoms with Crippen molar-refractivity contribution >= 4 is 34.2 Å². The van der Waals surface area contributed by atoms with E-state index in [2.05, 4.69) is 6.92 Å². The summed E-state index contributed by atoms with van der Waals surface area (Å²) in [5, 5.41) is 1.19. The summed E-state index contributed by atoms with van der Waals surface area (Å²) >= 11 is 6.43. The Kier molecular flexibility index (Phi) is 6.09. The molecule has 156 valence electrons. The van der Waals surface area contributed by atoms with Crippen molar-refractivity contribution in [1.82, 2.24) is 0 Å². The van der Waals surface area contributed by atoms with Gasteiger partial charge in [-0.1, -0.05) is 43.1 Å². The van der Waals surface area contributed by atoms with E-state index in [1.807, 2.05) is 24.3 Å². The molecule has 0 N–H and O–H groups in total. The topological polar surface area (TPSA) is 59.8 Å². The summed E-state index contributed by atoms with van der Waals surface area (Å²) < 4.78 is 11.1. The van der Waals surface area contributed by atoms with Gasteiger partial charge in [0.05, 0.1) is 5.02 Å². The highest BCUT2D eigenvalue weighted by Gasteiger charge is 2.23. The van der Waals surface area contributed by atoms with Crippen LogP contribution in [0.4, 0.5) is 5.69 Å². The van der Waals surface area contributed by atoms with Gasteiger partial charge in [-0.15, -0.1) is 0 Å². The fraction of sp³-hybridized carbons (Fsp3) is 0.333. The SMILES string of the molecule is CCCCc1cc(=O)oc2cc(OCC(=O)N3CCCc4ccccc43)c(Cl)cc12. The van der Waals surface area contributed by atoms with Gasteiger partial charge in [0, 0.05) is 29.8 Å². The minimum Gasteiger partial charge on any atom is -0.482 e. The Morgan fingerprint density at radius 3 is 2.90 bits per heavy atom. The molecule has 3 aromatic rings. The predicted octanol–water partition coefficient (Wildman–Crippen LogP) is 5.15. The Balaban J connectivity index is 1.55. The standard InChI is InChI=1S/C24H24ClNO4/c1-2-3-7-17-12-24(28)30-21-14-22(19(25)13-18(17)21)29-15-23(27)26-11-6-9-16-8-4-5-10-20(16)26/h4-5,8,10,12-14H,2-3,6-7,9,11,15H2,1H3. The first-order valence-corrected chi connectivity index (χ1v) is 10.7. The summed E-state index contributed by atoms with van der Waals surface area (Å²) in [5.41, 5.74) is 3.04.